The van der Waals surface area contributed by atoms with Crippen LogP contribution in [0.15, 0.2) is 0 Å². The van der Waals surface area contributed by atoms with Crippen LogP contribution in [-0.4, -0.2) is 32.4 Å². The van der Waals surface area contributed by atoms with Crippen molar-refractivity contribution in [2.75, 3.05) is 0 Å². The van der Waals surface area contributed by atoms with Gasteiger partial charge in [-0.15, -0.1) is 9.10 Å². The normalized spacial score (nSPS) is 10.0. The molecule has 0 unspecified atom stereocenters. The van der Waals surface area contributed by atoms with E-state index in [1.807, 2.05) is 0 Å². The van der Waals surface area contributed by atoms with E-state index < -0.39 is 0 Å². The lowest BCUT2D eigenvalue weighted by atomic mass is 10.3. The zero-order chi connectivity index (χ0) is 12.8. The minimum atomic E-state index is 0.389. The molecule has 2 heteroatoms. The second kappa shape index (κ2) is 15.7. The van der Waals surface area contributed by atoms with Crippen LogP contribution in [-0.2, 0) is 0 Å². The quantitative estimate of drug-likeness (QED) is 0.485. The Balaban J connectivity index is 0. The Bertz CT molecular complexity index is 101. The average molecular weight is 240 g/mol. The third-order valence-electron chi connectivity index (χ3n) is 2.37. The molecule has 1 nitrogen and oxygen atoms in total. The molecular weight excluding hydrogens is 206 g/mol. The van der Waals surface area contributed by atoms with Gasteiger partial charge < -0.3 is 5.32 Å². The Hall–Kier alpha value is 0.726. The van der Waals surface area contributed by atoms with E-state index in [1.165, 1.54) is 25.7 Å². The van der Waals surface area contributed by atoms with Gasteiger partial charge in [0, 0.05) is 12.1 Å². The molecule has 0 fully saturated rings. The monoisotopic (exact) mass is 239 g/mol. The third-order valence-corrected chi connectivity index (χ3v) is 4.37. The summed E-state index contributed by atoms with van der Waals surface area (Å²) in [6, 6.07) is 1.25. The summed E-state index contributed by atoms with van der Waals surface area (Å²) < 4.78 is 3.19. The van der Waals surface area contributed by atoms with Crippen LogP contribution in [0.5, 0.6) is 0 Å². The molecule has 0 saturated carbocycles. The first-order chi connectivity index (χ1) is 7.54. The molecule has 16 heavy (non-hydrogen) atoms. The van der Waals surface area contributed by atoms with E-state index in [0.29, 0.717) is 32.4 Å². The van der Waals surface area contributed by atoms with Crippen molar-refractivity contribution in [3.63, 3.8) is 0 Å². The minimum absolute atomic E-state index is 0.389. The van der Waals surface area contributed by atoms with Gasteiger partial charge in [0.1, 0.15) is 0 Å². The summed E-state index contributed by atoms with van der Waals surface area (Å²) in [5.74, 6) is 0. The molecular formula is C14H33MgN. The lowest BCUT2D eigenvalue weighted by molar-refractivity contribution is 0.518. The van der Waals surface area contributed by atoms with Gasteiger partial charge in [-0.1, -0.05) is 67.2 Å². The summed E-state index contributed by atoms with van der Waals surface area (Å²) in [4.78, 5) is 0. The molecule has 0 rings (SSSR count). The van der Waals surface area contributed by atoms with Crippen LogP contribution in [0.2, 0.25) is 9.10 Å². The van der Waals surface area contributed by atoms with E-state index >= 15 is 0 Å². The zero-order valence-corrected chi connectivity index (χ0v) is 14.0. The van der Waals surface area contributed by atoms with Crippen molar-refractivity contribution in [3.8, 4) is 0 Å². The Morgan fingerprint density at radius 3 is 1.38 bits per heavy atom. The number of hydrogen-bond donors (Lipinski definition) is 1. The van der Waals surface area contributed by atoms with Crippen molar-refractivity contribution < 1.29 is 0 Å². The highest BCUT2D eigenvalue weighted by Gasteiger charge is 1.92. The van der Waals surface area contributed by atoms with Gasteiger partial charge in [-0.05, 0) is 0 Å². The maximum atomic E-state index is 3.31. The summed E-state index contributed by atoms with van der Waals surface area (Å²) in [5.41, 5.74) is 0. The summed E-state index contributed by atoms with van der Waals surface area (Å²) in [5, 5.41) is 3.31. The molecule has 0 bridgehead atoms. The van der Waals surface area contributed by atoms with Gasteiger partial charge in [0.05, 0.1) is 0 Å². The average Bonchev–Trinajstić information content (AvgIpc) is 2.16. The van der Waals surface area contributed by atoms with E-state index in [1.54, 1.807) is 9.10 Å². The summed E-state index contributed by atoms with van der Waals surface area (Å²) in [6.07, 6.45) is 5.80. The van der Waals surface area contributed by atoms with E-state index in [9.17, 15) is 0 Å². The highest BCUT2D eigenvalue weighted by molar-refractivity contribution is 6.35. The summed E-state index contributed by atoms with van der Waals surface area (Å²) in [7, 11) is 0. The van der Waals surface area contributed by atoms with Crippen molar-refractivity contribution in [1.29, 1.82) is 0 Å². The second-order valence-corrected chi connectivity index (χ2v) is 7.37. The van der Waals surface area contributed by atoms with Crippen molar-refractivity contribution in [2.45, 2.75) is 88.4 Å². The highest BCUT2D eigenvalue weighted by Crippen LogP contribution is 1.99. The first kappa shape index (κ1) is 19.1. The molecule has 0 spiro atoms. The minimum Gasteiger partial charge on any atom is -0.312 e. The predicted octanol–water partition coefficient (Wildman–Crippen LogP) is 4.52. The number of nitrogens with one attached hydrogen (secondary N) is 1. The number of unbranched alkanes of at least 4 members (excludes halogenated alkanes) is 2. The molecule has 0 aliphatic carbocycles. The largest absolute Gasteiger partial charge is 0.364 e. The van der Waals surface area contributed by atoms with Crippen molar-refractivity contribution >= 4 is 20.4 Å². The van der Waals surface area contributed by atoms with Crippen LogP contribution in [0.1, 0.15) is 67.2 Å². The molecule has 0 saturated heterocycles. The van der Waals surface area contributed by atoms with Gasteiger partial charge in [0.15, 0.2) is 0 Å². The third kappa shape index (κ3) is 24.1. The molecule has 0 aromatic rings. The summed E-state index contributed by atoms with van der Waals surface area (Å²) in [6.45, 7) is 13.2. The van der Waals surface area contributed by atoms with Crippen LogP contribution in [0.25, 0.3) is 0 Å². The fourth-order valence-electron chi connectivity index (χ4n) is 1.70. The van der Waals surface area contributed by atoms with E-state index in [0.717, 1.165) is 0 Å². The number of hydrogen-bond acceptors (Lipinski definition) is 1. The molecule has 0 radical (unpaired) electrons. The van der Waals surface area contributed by atoms with Crippen LogP contribution in [0, 0.1) is 0 Å². The molecule has 0 amide bonds. The van der Waals surface area contributed by atoms with Crippen molar-refractivity contribution in [1.82, 2.24) is 5.32 Å². The lowest BCUT2D eigenvalue weighted by Crippen LogP contribution is -2.29. The van der Waals surface area contributed by atoms with Gasteiger partial charge >= 0.3 is 20.4 Å². The smallest absolute Gasteiger partial charge is 0.312 e. The lowest BCUT2D eigenvalue weighted by Gasteiger charge is -2.10. The fourth-order valence-corrected chi connectivity index (χ4v) is 3.76. The van der Waals surface area contributed by atoms with E-state index in [2.05, 4.69) is 46.9 Å². The van der Waals surface area contributed by atoms with Gasteiger partial charge in [-0.3, -0.25) is 0 Å². The Morgan fingerprint density at radius 1 is 0.812 bits per heavy atom. The maximum Gasteiger partial charge on any atom is 0.364 e. The Morgan fingerprint density at radius 2 is 1.19 bits per heavy atom. The van der Waals surface area contributed by atoms with Crippen LogP contribution in [0.3, 0.4) is 0 Å². The van der Waals surface area contributed by atoms with Crippen LogP contribution >= 0.6 is 0 Å². The summed E-state index contributed by atoms with van der Waals surface area (Å²) >= 11 is 0.389. The first-order valence-electron chi connectivity index (χ1n) is 7.30. The van der Waals surface area contributed by atoms with Crippen LogP contribution < -0.4 is 5.32 Å². The molecule has 96 valence electrons. The molecule has 0 aliphatic rings. The predicted molar refractivity (Wildman–Crippen MR) is 78.6 cm³/mol. The Kier molecular flexibility index (Phi) is 18.7. The molecule has 0 aromatic carbocycles. The molecule has 0 heterocycles. The molecule has 0 aliphatic heterocycles. The molecule has 1 N–H and O–H groups in total. The van der Waals surface area contributed by atoms with Crippen molar-refractivity contribution in [3.05, 3.63) is 0 Å². The van der Waals surface area contributed by atoms with Crippen molar-refractivity contribution in [2.24, 2.45) is 0 Å². The maximum absolute atomic E-state index is 3.31. The fraction of sp³-hybridized carbons (Fsp3) is 1.00. The molecule has 0 aromatic heterocycles. The highest BCUT2D eigenvalue weighted by atomic mass is 24.5. The van der Waals surface area contributed by atoms with Gasteiger partial charge in [0.2, 0.25) is 0 Å². The SMILES string of the molecule is CC(C)NC(C)C.CCC[CH2][Mg][CH2]CCC. The topological polar surface area (TPSA) is 12.0 Å². The van der Waals surface area contributed by atoms with Gasteiger partial charge in [0.25, 0.3) is 0 Å². The zero-order valence-electron chi connectivity index (χ0n) is 12.6. The van der Waals surface area contributed by atoms with Crippen LogP contribution in [0.4, 0.5) is 0 Å². The Labute approximate surface area is 114 Å². The van der Waals surface area contributed by atoms with Gasteiger partial charge in [-0.2, -0.15) is 0 Å². The molecule has 0 atom stereocenters. The second-order valence-electron chi connectivity index (χ2n) is 5.24. The van der Waals surface area contributed by atoms with Gasteiger partial charge in [-0.25, -0.2) is 0 Å². The van der Waals surface area contributed by atoms with E-state index in [4.69, 9.17) is 0 Å². The number of rotatable bonds is 8. The first-order valence-corrected chi connectivity index (χ1v) is 9.30. The standard InChI is InChI=1S/C6H15N.2C4H9.Mg/c1-5(2)7-6(3)4;2*1-3-4-2;/h5-7H,1-4H3;2*1,3-4H2,2H3;. The van der Waals surface area contributed by atoms with E-state index in [-0.39, 0.29) is 0 Å².